The van der Waals surface area contributed by atoms with E-state index in [0.29, 0.717) is 26.4 Å². The number of benzene rings is 1. The fraction of sp³-hybridized carbons (Fsp3) is 0.300. The standard InChI is InChI=1S/C20H22N4O2/c1-2-4-18(5-3-1)24-14-17(12-22-13-19-15-25-10-11-26-19)20(23-24)16-6-8-21-9-7-16/h1-9,14,19,22H,10-13,15H2. The molecular weight excluding hydrogens is 328 g/mol. The molecule has 0 aliphatic carbocycles. The van der Waals surface area contributed by atoms with E-state index in [1.807, 2.05) is 47.1 Å². The Labute approximate surface area is 152 Å². The van der Waals surface area contributed by atoms with Crippen LogP contribution < -0.4 is 5.32 Å². The van der Waals surface area contributed by atoms with Crippen molar-refractivity contribution in [1.82, 2.24) is 20.1 Å². The molecule has 1 saturated heterocycles. The number of hydrogen-bond acceptors (Lipinski definition) is 5. The Morgan fingerprint density at radius 1 is 1.08 bits per heavy atom. The molecule has 6 heteroatoms. The maximum atomic E-state index is 5.69. The summed E-state index contributed by atoms with van der Waals surface area (Å²) in [6.07, 6.45) is 5.77. The number of rotatable bonds is 6. The van der Waals surface area contributed by atoms with Crippen molar-refractivity contribution in [1.29, 1.82) is 0 Å². The van der Waals surface area contributed by atoms with Gasteiger partial charge in [-0.25, -0.2) is 4.68 Å². The van der Waals surface area contributed by atoms with Gasteiger partial charge >= 0.3 is 0 Å². The predicted octanol–water partition coefficient (Wildman–Crippen LogP) is 2.44. The van der Waals surface area contributed by atoms with Gasteiger partial charge in [0.1, 0.15) is 0 Å². The molecule has 1 aliphatic rings. The van der Waals surface area contributed by atoms with Gasteiger partial charge in [-0.15, -0.1) is 0 Å². The summed E-state index contributed by atoms with van der Waals surface area (Å²) < 4.78 is 13.1. The van der Waals surface area contributed by atoms with E-state index >= 15 is 0 Å². The lowest BCUT2D eigenvalue weighted by Crippen LogP contribution is -2.37. The molecule has 0 spiro atoms. The van der Waals surface area contributed by atoms with E-state index in [1.165, 1.54) is 0 Å². The summed E-state index contributed by atoms with van der Waals surface area (Å²) in [5.74, 6) is 0. The SMILES string of the molecule is c1ccc(-n2cc(CNCC3COCCO3)c(-c3ccncc3)n2)cc1. The van der Waals surface area contributed by atoms with Crippen LogP contribution >= 0.6 is 0 Å². The van der Waals surface area contributed by atoms with Crippen molar-refractivity contribution >= 4 is 0 Å². The lowest BCUT2D eigenvalue weighted by Gasteiger charge is -2.23. The third-order valence-electron chi connectivity index (χ3n) is 4.34. The molecule has 1 aliphatic heterocycles. The first-order valence-electron chi connectivity index (χ1n) is 8.84. The zero-order valence-electron chi connectivity index (χ0n) is 14.5. The topological polar surface area (TPSA) is 61.2 Å². The van der Waals surface area contributed by atoms with Gasteiger partial charge in [0.15, 0.2) is 0 Å². The fourth-order valence-corrected chi connectivity index (χ4v) is 3.03. The third kappa shape index (κ3) is 3.99. The lowest BCUT2D eigenvalue weighted by atomic mass is 10.1. The molecule has 1 fully saturated rings. The molecule has 1 unspecified atom stereocenters. The van der Waals surface area contributed by atoms with Gasteiger partial charge in [-0.3, -0.25) is 4.98 Å². The summed E-state index contributed by atoms with van der Waals surface area (Å²) in [5, 5.41) is 8.28. The molecule has 0 saturated carbocycles. The Morgan fingerprint density at radius 3 is 2.69 bits per heavy atom. The van der Waals surface area contributed by atoms with Crippen molar-refractivity contribution in [2.75, 3.05) is 26.4 Å². The molecule has 1 N–H and O–H groups in total. The molecule has 0 amide bonds. The van der Waals surface area contributed by atoms with Crippen LogP contribution in [-0.2, 0) is 16.0 Å². The molecule has 1 atom stereocenters. The Kier molecular flexibility index (Phi) is 5.35. The quantitative estimate of drug-likeness (QED) is 0.740. The first-order valence-corrected chi connectivity index (χ1v) is 8.84. The van der Waals surface area contributed by atoms with E-state index in [2.05, 4.69) is 16.5 Å². The maximum absolute atomic E-state index is 5.69. The Bertz CT molecular complexity index is 814. The predicted molar refractivity (Wildman–Crippen MR) is 99.1 cm³/mol. The number of para-hydroxylation sites is 1. The van der Waals surface area contributed by atoms with E-state index < -0.39 is 0 Å². The number of ether oxygens (including phenoxy) is 2. The average molecular weight is 350 g/mol. The zero-order chi connectivity index (χ0) is 17.6. The molecule has 0 radical (unpaired) electrons. The van der Waals surface area contributed by atoms with Crippen molar-refractivity contribution in [3.63, 3.8) is 0 Å². The number of pyridine rings is 1. The van der Waals surface area contributed by atoms with Crippen LogP contribution in [0, 0.1) is 0 Å². The van der Waals surface area contributed by atoms with Gasteiger partial charge in [-0.2, -0.15) is 5.10 Å². The second-order valence-electron chi connectivity index (χ2n) is 6.22. The summed E-state index contributed by atoms with van der Waals surface area (Å²) in [7, 11) is 0. The molecule has 26 heavy (non-hydrogen) atoms. The Hall–Kier alpha value is -2.54. The van der Waals surface area contributed by atoms with Gasteiger partial charge in [-0.05, 0) is 24.3 Å². The summed E-state index contributed by atoms with van der Waals surface area (Å²) in [6, 6.07) is 14.1. The Morgan fingerprint density at radius 2 is 1.92 bits per heavy atom. The first kappa shape index (κ1) is 16.9. The van der Waals surface area contributed by atoms with Gasteiger partial charge in [0, 0.05) is 42.8 Å². The van der Waals surface area contributed by atoms with Crippen LogP contribution in [0.4, 0.5) is 0 Å². The smallest absolute Gasteiger partial charge is 0.0973 e. The van der Waals surface area contributed by atoms with E-state index in [1.54, 1.807) is 12.4 Å². The summed E-state index contributed by atoms with van der Waals surface area (Å²) in [5.41, 5.74) is 4.20. The number of aromatic nitrogens is 3. The molecule has 1 aromatic carbocycles. The van der Waals surface area contributed by atoms with Gasteiger partial charge in [0.2, 0.25) is 0 Å². The molecule has 3 heterocycles. The molecule has 134 valence electrons. The monoisotopic (exact) mass is 350 g/mol. The summed E-state index contributed by atoms with van der Waals surface area (Å²) >= 11 is 0. The fourth-order valence-electron chi connectivity index (χ4n) is 3.03. The molecule has 3 aromatic rings. The number of nitrogens with one attached hydrogen (secondary N) is 1. The number of nitrogens with zero attached hydrogens (tertiary/aromatic N) is 3. The third-order valence-corrected chi connectivity index (χ3v) is 4.34. The van der Waals surface area contributed by atoms with Crippen molar-refractivity contribution in [2.24, 2.45) is 0 Å². The van der Waals surface area contributed by atoms with Crippen LogP contribution in [0.25, 0.3) is 16.9 Å². The molecule has 4 rings (SSSR count). The van der Waals surface area contributed by atoms with Gasteiger partial charge in [-0.1, -0.05) is 18.2 Å². The summed E-state index contributed by atoms with van der Waals surface area (Å²) in [6.45, 7) is 3.47. The van der Waals surface area contributed by atoms with Crippen molar-refractivity contribution in [3.05, 3.63) is 66.6 Å². The van der Waals surface area contributed by atoms with Crippen LogP contribution in [0.5, 0.6) is 0 Å². The van der Waals surface area contributed by atoms with Gasteiger partial charge in [0.05, 0.1) is 37.3 Å². The minimum atomic E-state index is 0.109. The minimum absolute atomic E-state index is 0.109. The molecule has 2 aromatic heterocycles. The maximum Gasteiger partial charge on any atom is 0.0973 e. The van der Waals surface area contributed by atoms with Crippen LogP contribution in [0.15, 0.2) is 61.1 Å². The Balaban J connectivity index is 1.54. The first-order chi connectivity index (χ1) is 12.9. The van der Waals surface area contributed by atoms with Crippen LogP contribution in [-0.4, -0.2) is 47.2 Å². The zero-order valence-corrected chi connectivity index (χ0v) is 14.5. The average Bonchev–Trinajstić information content (AvgIpc) is 3.14. The molecule has 0 bridgehead atoms. The van der Waals surface area contributed by atoms with Crippen molar-refractivity contribution < 1.29 is 9.47 Å². The van der Waals surface area contributed by atoms with Crippen molar-refractivity contribution in [2.45, 2.75) is 12.6 Å². The van der Waals surface area contributed by atoms with E-state index in [0.717, 1.165) is 29.1 Å². The number of hydrogen-bond donors (Lipinski definition) is 1. The molecular formula is C20H22N4O2. The van der Waals surface area contributed by atoms with Gasteiger partial charge < -0.3 is 14.8 Å². The van der Waals surface area contributed by atoms with Crippen LogP contribution in [0.3, 0.4) is 0 Å². The van der Waals surface area contributed by atoms with Crippen LogP contribution in [0.1, 0.15) is 5.56 Å². The highest BCUT2D eigenvalue weighted by Crippen LogP contribution is 2.23. The van der Waals surface area contributed by atoms with Crippen molar-refractivity contribution in [3.8, 4) is 16.9 Å². The second kappa shape index (κ2) is 8.23. The summed E-state index contributed by atoms with van der Waals surface area (Å²) in [4.78, 5) is 4.11. The minimum Gasteiger partial charge on any atom is -0.376 e. The largest absolute Gasteiger partial charge is 0.376 e. The highest BCUT2D eigenvalue weighted by molar-refractivity contribution is 5.62. The van der Waals surface area contributed by atoms with E-state index in [4.69, 9.17) is 14.6 Å². The van der Waals surface area contributed by atoms with E-state index in [9.17, 15) is 0 Å². The van der Waals surface area contributed by atoms with E-state index in [-0.39, 0.29) is 6.10 Å². The normalized spacial score (nSPS) is 17.3. The second-order valence-corrected chi connectivity index (χ2v) is 6.22. The highest BCUT2D eigenvalue weighted by Gasteiger charge is 2.16. The molecule has 6 nitrogen and oxygen atoms in total. The van der Waals surface area contributed by atoms with Crippen LogP contribution in [0.2, 0.25) is 0 Å². The van der Waals surface area contributed by atoms with Gasteiger partial charge in [0.25, 0.3) is 0 Å². The highest BCUT2D eigenvalue weighted by atomic mass is 16.6. The lowest BCUT2D eigenvalue weighted by molar-refractivity contribution is -0.0864.